The fourth-order valence-electron chi connectivity index (χ4n) is 8.81. The van der Waals surface area contributed by atoms with E-state index in [-0.39, 0.29) is 5.92 Å². The summed E-state index contributed by atoms with van der Waals surface area (Å²) in [6.07, 6.45) is 22.4. The van der Waals surface area contributed by atoms with Gasteiger partial charge in [-0.05, 0) is 90.3 Å². The van der Waals surface area contributed by atoms with Crippen LogP contribution in [0.1, 0.15) is 59.9 Å². The number of aromatic nitrogens is 4. The van der Waals surface area contributed by atoms with Crippen molar-refractivity contribution >= 4 is 64.5 Å². The van der Waals surface area contributed by atoms with E-state index in [9.17, 15) is 0 Å². The van der Waals surface area contributed by atoms with Gasteiger partial charge in [0.05, 0.1) is 11.0 Å². The zero-order valence-corrected chi connectivity index (χ0v) is 30.6. The van der Waals surface area contributed by atoms with Gasteiger partial charge in [0.25, 0.3) is 0 Å². The Labute approximate surface area is 317 Å². The Kier molecular flexibility index (Phi) is 7.41. The Morgan fingerprint density at radius 1 is 0.611 bits per heavy atom. The predicted molar refractivity (Wildman–Crippen MR) is 226 cm³/mol. The summed E-state index contributed by atoms with van der Waals surface area (Å²) in [6, 6.07) is 38.0. The van der Waals surface area contributed by atoms with Gasteiger partial charge in [-0.25, -0.2) is 15.0 Å². The van der Waals surface area contributed by atoms with Crippen LogP contribution in [0.15, 0.2) is 152 Å². The van der Waals surface area contributed by atoms with Crippen molar-refractivity contribution in [2.24, 2.45) is 0 Å². The van der Waals surface area contributed by atoms with Crippen LogP contribution in [0.4, 0.5) is 0 Å². The summed E-state index contributed by atoms with van der Waals surface area (Å²) in [6.45, 7) is 0. The van der Waals surface area contributed by atoms with Crippen molar-refractivity contribution in [3.63, 3.8) is 0 Å². The van der Waals surface area contributed by atoms with E-state index >= 15 is 0 Å². The molecule has 5 aromatic carbocycles. The summed E-state index contributed by atoms with van der Waals surface area (Å²) in [5.74, 6) is 2.56. The molecule has 0 amide bonds. The Morgan fingerprint density at radius 3 is 2.19 bits per heavy atom. The van der Waals surface area contributed by atoms with Gasteiger partial charge in [-0.2, -0.15) is 0 Å². The van der Waals surface area contributed by atoms with Crippen LogP contribution in [0, 0.1) is 0 Å². The summed E-state index contributed by atoms with van der Waals surface area (Å²) in [5.41, 5.74) is 11.0. The number of hydrogen-bond acceptors (Lipinski definition) is 4. The second-order valence-electron chi connectivity index (χ2n) is 14.5. The van der Waals surface area contributed by atoms with Crippen molar-refractivity contribution < 1.29 is 0 Å². The van der Waals surface area contributed by atoms with Gasteiger partial charge < -0.3 is 4.57 Å². The molecule has 258 valence electrons. The molecule has 0 spiro atoms. The van der Waals surface area contributed by atoms with Crippen LogP contribution >= 0.6 is 11.3 Å². The lowest BCUT2D eigenvalue weighted by Gasteiger charge is -2.23. The summed E-state index contributed by atoms with van der Waals surface area (Å²) >= 11 is 1.89. The number of benzene rings is 5. The molecule has 0 aliphatic heterocycles. The molecule has 1 atom stereocenters. The van der Waals surface area contributed by atoms with E-state index in [1.165, 1.54) is 75.5 Å². The molecule has 3 aliphatic carbocycles. The molecule has 0 fully saturated rings. The largest absolute Gasteiger partial charge is 0.309 e. The molecular weight excluding hydrogens is 677 g/mol. The normalized spacial score (nSPS) is 16.7. The molecule has 54 heavy (non-hydrogen) atoms. The lowest BCUT2D eigenvalue weighted by molar-refractivity contribution is 0.754. The van der Waals surface area contributed by atoms with Crippen molar-refractivity contribution in [3.05, 3.63) is 180 Å². The number of rotatable bonds is 5. The zero-order chi connectivity index (χ0) is 35.6. The van der Waals surface area contributed by atoms with E-state index in [2.05, 4.69) is 156 Å². The third kappa shape index (κ3) is 5.07. The zero-order valence-electron chi connectivity index (χ0n) is 29.7. The molecule has 8 aromatic rings. The molecule has 5 heteroatoms. The predicted octanol–water partition coefficient (Wildman–Crippen LogP) is 12.7. The molecular formula is C49H36N4S. The Morgan fingerprint density at radius 2 is 1.39 bits per heavy atom. The van der Waals surface area contributed by atoms with E-state index in [1.54, 1.807) is 0 Å². The first-order valence-electron chi connectivity index (χ1n) is 19.0. The highest BCUT2D eigenvalue weighted by molar-refractivity contribution is 7.25. The minimum atomic E-state index is 0.133. The third-order valence-electron chi connectivity index (χ3n) is 11.3. The average molecular weight is 713 g/mol. The first-order valence-corrected chi connectivity index (χ1v) is 19.8. The fraction of sp³-hybridized carbons (Fsp3) is 0.122. The average Bonchev–Trinajstić information content (AvgIpc) is 3.79. The maximum atomic E-state index is 5.24. The number of para-hydroxylation sites is 2. The van der Waals surface area contributed by atoms with Gasteiger partial charge in [0, 0.05) is 48.1 Å². The highest BCUT2D eigenvalue weighted by atomic mass is 32.1. The fourth-order valence-corrected chi connectivity index (χ4v) is 9.97. The Hall–Kier alpha value is -6.17. The van der Waals surface area contributed by atoms with Gasteiger partial charge in [-0.1, -0.05) is 121 Å². The van der Waals surface area contributed by atoms with Crippen LogP contribution in [-0.2, 0) is 6.42 Å². The molecule has 0 saturated carbocycles. The van der Waals surface area contributed by atoms with Crippen molar-refractivity contribution in [2.75, 3.05) is 0 Å². The quantitative estimate of drug-likeness (QED) is 0.178. The summed E-state index contributed by atoms with van der Waals surface area (Å²) in [7, 11) is 0. The minimum absolute atomic E-state index is 0.133. The second-order valence-corrected chi connectivity index (χ2v) is 15.6. The lowest BCUT2D eigenvalue weighted by atomic mass is 9.83. The summed E-state index contributed by atoms with van der Waals surface area (Å²) in [4.78, 5) is 15.6. The van der Waals surface area contributed by atoms with Crippen LogP contribution in [0.25, 0.3) is 70.2 Å². The highest BCUT2D eigenvalue weighted by Crippen LogP contribution is 2.45. The number of thiophene rings is 1. The second kappa shape index (κ2) is 12.8. The van der Waals surface area contributed by atoms with Gasteiger partial charge in [-0.3, -0.25) is 0 Å². The van der Waals surface area contributed by atoms with Crippen LogP contribution in [0.5, 0.6) is 0 Å². The maximum absolute atomic E-state index is 5.24. The maximum Gasteiger partial charge on any atom is 0.164 e. The Bertz CT molecular complexity index is 2930. The van der Waals surface area contributed by atoms with E-state index in [1.807, 2.05) is 11.3 Å². The monoisotopic (exact) mass is 712 g/mol. The molecule has 0 bridgehead atoms. The lowest BCUT2D eigenvalue weighted by Crippen LogP contribution is -2.11. The van der Waals surface area contributed by atoms with Crippen molar-refractivity contribution in [2.45, 2.75) is 38.0 Å². The topological polar surface area (TPSA) is 43.6 Å². The molecule has 3 heterocycles. The van der Waals surface area contributed by atoms with Gasteiger partial charge in [0.15, 0.2) is 11.6 Å². The number of fused-ring (bicyclic) bond motifs is 7. The SMILES string of the molecule is C1=CCCC(c2nc(-c3cccc4c3CCC=C4c3cc(-n4c5ccccc5c5ccccc54)cc4sc5ccccc5c34)nc(C3C=CC=CC3)n2)=C1. The van der Waals surface area contributed by atoms with Crippen molar-refractivity contribution in [1.82, 2.24) is 19.5 Å². The van der Waals surface area contributed by atoms with Gasteiger partial charge in [-0.15, -0.1) is 11.3 Å². The Balaban J connectivity index is 1.13. The van der Waals surface area contributed by atoms with E-state index in [0.29, 0.717) is 0 Å². The number of allylic oxidation sites excluding steroid dienone is 9. The van der Waals surface area contributed by atoms with E-state index in [4.69, 9.17) is 15.0 Å². The molecule has 0 N–H and O–H groups in total. The first-order chi connectivity index (χ1) is 26.8. The van der Waals surface area contributed by atoms with Gasteiger partial charge in [0.2, 0.25) is 0 Å². The first kappa shape index (κ1) is 31.4. The molecule has 0 saturated heterocycles. The van der Waals surface area contributed by atoms with Gasteiger partial charge in [0.1, 0.15) is 5.82 Å². The van der Waals surface area contributed by atoms with Crippen LogP contribution in [-0.4, -0.2) is 19.5 Å². The highest BCUT2D eigenvalue weighted by Gasteiger charge is 2.25. The van der Waals surface area contributed by atoms with Gasteiger partial charge >= 0.3 is 0 Å². The number of nitrogens with zero attached hydrogens (tertiary/aromatic N) is 4. The molecule has 11 rings (SSSR count). The molecule has 3 aliphatic rings. The van der Waals surface area contributed by atoms with Crippen molar-refractivity contribution in [1.29, 1.82) is 0 Å². The molecule has 4 nitrogen and oxygen atoms in total. The molecule has 1 unspecified atom stereocenters. The standard InChI is InChI=1S/C49H36N4S/c1-3-15-31(16-4-1)47-50-48(32-17-5-2-6-18-32)52-49(51-47)39-25-14-22-34-35(39)23-13-24-36(34)41-29-33(30-45-46(41)40-21-9-12-28-44(40)54-45)53-42-26-10-7-19-37(42)38-20-8-11-27-43(38)53/h1-5,7-12,14-15,17,19-22,24-31H,6,13,16,18,23H2. The minimum Gasteiger partial charge on any atom is -0.309 e. The summed E-state index contributed by atoms with van der Waals surface area (Å²) in [5, 5.41) is 5.17. The molecule has 3 aromatic heterocycles. The smallest absolute Gasteiger partial charge is 0.164 e. The van der Waals surface area contributed by atoms with Crippen LogP contribution in [0.2, 0.25) is 0 Å². The summed E-state index contributed by atoms with van der Waals surface area (Å²) < 4.78 is 5.06. The molecule has 0 radical (unpaired) electrons. The number of hydrogen-bond donors (Lipinski definition) is 0. The van der Waals surface area contributed by atoms with E-state index in [0.717, 1.165) is 55.1 Å². The van der Waals surface area contributed by atoms with Crippen molar-refractivity contribution in [3.8, 4) is 17.1 Å². The van der Waals surface area contributed by atoms with Crippen LogP contribution in [0.3, 0.4) is 0 Å². The third-order valence-corrected chi connectivity index (χ3v) is 12.4. The van der Waals surface area contributed by atoms with E-state index < -0.39 is 0 Å². The van der Waals surface area contributed by atoms with Crippen LogP contribution < -0.4 is 0 Å².